The summed E-state index contributed by atoms with van der Waals surface area (Å²) in [5.41, 5.74) is 1.02. The fourth-order valence-electron chi connectivity index (χ4n) is 2.43. The number of ether oxygens (including phenoxy) is 1. The largest absolute Gasteiger partial charge is 0.378 e. The van der Waals surface area contributed by atoms with Crippen LogP contribution in [0.4, 0.5) is 4.39 Å². The van der Waals surface area contributed by atoms with Crippen LogP contribution >= 0.6 is 0 Å². The zero-order valence-electron chi connectivity index (χ0n) is 10.3. The van der Waals surface area contributed by atoms with Crippen molar-refractivity contribution in [3.63, 3.8) is 0 Å². The molecule has 94 valence electrons. The molecular weight excluding hydrogens is 217 g/mol. The van der Waals surface area contributed by atoms with Gasteiger partial charge in [0, 0.05) is 12.6 Å². The van der Waals surface area contributed by atoms with Gasteiger partial charge in [0.15, 0.2) is 0 Å². The maximum atomic E-state index is 13.2. The van der Waals surface area contributed by atoms with E-state index in [-0.39, 0.29) is 11.9 Å². The van der Waals surface area contributed by atoms with E-state index in [0.717, 1.165) is 25.0 Å². The van der Waals surface area contributed by atoms with Gasteiger partial charge in [0.05, 0.1) is 6.10 Å². The van der Waals surface area contributed by atoms with Crippen molar-refractivity contribution in [3.8, 4) is 0 Å². The van der Waals surface area contributed by atoms with Crippen molar-refractivity contribution in [1.82, 2.24) is 5.32 Å². The minimum atomic E-state index is -0.167. The third kappa shape index (κ3) is 3.51. The molecule has 0 aliphatic carbocycles. The summed E-state index contributed by atoms with van der Waals surface area (Å²) in [5, 5.41) is 3.25. The van der Waals surface area contributed by atoms with Crippen molar-refractivity contribution >= 4 is 0 Å². The molecule has 1 heterocycles. The van der Waals surface area contributed by atoms with Gasteiger partial charge in [-0.15, -0.1) is 0 Å². The first-order valence-corrected chi connectivity index (χ1v) is 6.34. The first-order valence-electron chi connectivity index (χ1n) is 6.34. The van der Waals surface area contributed by atoms with Crippen LogP contribution in [0.25, 0.3) is 0 Å². The minimum Gasteiger partial charge on any atom is -0.378 e. The third-order valence-electron chi connectivity index (χ3n) is 3.40. The summed E-state index contributed by atoms with van der Waals surface area (Å²) in [6.07, 6.45) is 4.78. The molecule has 1 aliphatic heterocycles. The van der Waals surface area contributed by atoms with E-state index in [0.29, 0.717) is 6.10 Å². The highest BCUT2D eigenvalue weighted by Gasteiger charge is 2.18. The highest BCUT2D eigenvalue weighted by atomic mass is 19.1. The minimum absolute atomic E-state index is 0.167. The van der Waals surface area contributed by atoms with Crippen LogP contribution in [0, 0.1) is 5.82 Å². The van der Waals surface area contributed by atoms with E-state index in [1.807, 2.05) is 13.1 Å². The highest BCUT2D eigenvalue weighted by molar-refractivity contribution is 5.20. The van der Waals surface area contributed by atoms with Gasteiger partial charge in [0.2, 0.25) is 0 Å². The lowest BCUT2D eigenvalue weighted by Gasteiger charge is -2.18. The first kappa shape index (κ1) is 12.5. The lowest BCUT2D eigenvalue weighted by atomic mass is 9.99. The van der Waals surface area contributed by atoms with E-state index in [1.165, 1.54) is 18.9 Å². The highest BCUT2D eigenvalue weighted by Crippen LogP contribution is 2.24. The lowest BCUT2D eigenvalue weighted by molar-refractivity contribution is 0.0998. The molecule has 0 spiro atoms. The molecule has 1 saturated heterocycles. The van der Waals surface area contributed by atoms with Gasteiger partial charge in [-0.3, -0.25) is 0 Å². The van der Waals surface area contributed by atoms with Crippen LogP contribution in [0.2, 0.25) is 0 Å². The Bertz CT molecular complexity index is 350. The Hall–Kier alpha value is -0.930. The molecule has 0 amide bonds. The van der Waals surface area contributed by atoms with E-state index in [1.54, 1.807) is 12.1 Å². The SMILES string of the molecule is CNC(CCC1CCCO1)c1cccc(F)c1. The van der Waals surface area contributed by atoms with Crippen molar-refractivity contribution < 1.29 is 9.13 Å². The maximum absolute atomic E-state index is 13.2. The predicted molar refractivity (Wildman–Crippen MR) is 66.4 cm³/mol. The second-order valence-corrected chi connectivity index (χ2v) is 4.61. The molecule has 1 N–H and O–H groups in total. The fraction of sp³-hybridized carbons (Fsp3) is 0.571. The molecule has 0 radical (unpaired) electrons. The van der Waals surface area contributed by atoms with Crippen molar-refractivity contribution in [3.05, 3.63) is 35.6 Å². The van der Waals surface area contributed by atoms with E-state index in [2.05, 4.69) is 5.32 Å². The molecular formula is C14H20FNO. The Labute approximate surface area is 102 Å². The summed E-state index contributed by atoms with van der Waals surface area (Å²) in [5.74, 6) is -0.167. The van der Waals surface area contributed by atoms with Crippen molar-refractivity contribution in [1.29, 1.82) is 0 Å². The van der Waals surface area contributed by atoms with Crippen LogP contribution in [-0.2, 0) is 4.74 Å². The standard InChI is InChI=1S/C14H20FNO/c1-16-14(8-7-13-6-3-9-17-13)11-4-2-5-12(15)10-11/h2,4-5,10,13-14,16H,3,6-9H2,1H3. The van der Waals surface area contributed by atoms with Gasteiger partial charge in [-0.05, 0) is 50.4 Å². The van der Waals surface area contributed by atoms with E-state index < -0.39 is 0 Å². The normalized spacial score (nSPS) is 21.6. The zero-order valence-corrected chi connectivity index (χ0v) is 10.3. The van der Waals surface area contributed by atoms with Gasteiger partial charge in [-0.1, -0.05) is 12.1 Å². The molecule has 2 unspecified atom stereocenters. The third-order valence-corrected chi connectivity index (χ3v) is 3.40. The quantitative estimate of drug-likeness (QED) is 0.850. The number of halogens is 1. The molecule has 2 atom stereocenters. The van der Waals surface area contributed by atoms with Crippen molar-refractivity contribution in [2.24, 2.45) is 0 Å². The molecule has 1 fully saturated rings. The lowest BCUT2D eigenvalue weighted by Crippen LogP contribution is -2.18. The Balaban J connectivity index is 1.91. The van der Waals surface area contributed by atoms with E-state index >= 15 is 0 Å². The second kappa shape index (κ2) is 6.12. The molecule has 1 aliphatic rings. The smallest absolute Gasteiger partial charge is 0.123 e. The van der Waals surface area contributed by atoms with Crippen LogP contribution in [-0.4, -0.2) is 19.8 Å². The number of nitrogens with one attached hydrogen (secondary N) is 1. The summed E-state index contributed by atoms with van der Waals surface area (Å²) in [6, 6.07) is 7.04. The van der Waals surface area contributed by atoms with Gasteiger partial charge in [0.1, 0.15) is 5.82 Å². The maximum Gasteiger partial charge on any atom is 0.123 e. The Kier molecular flexibility index (Phi) is 4.51. The zero-order chi connectivity index (χ0) is 12.1. The van der Waals surface area contributed by atoms with Crippen LogP contribution in [0.5, 0.6) is 0 Å². The molecule has 2 nitrogen and oxygen atoms in total. The predicted octanol–water partition coefficient (Wildman–Crippen LogP) is 3.05. The van der Waals surface area contributed by atoms with Gasteiger partial charge < -0.3 is 10.1 Å². The average molecular weight is 237 g/mol. The number of rotatable bonds is 5. The average Bonchev–Trinajstić information content (AvgIpc) is 2.83. The molecule has 1 aromatic rings. The number of hydrogen-bond donors (Lipinski definition) is 1. The second-order valence-electron chi connectivity index (χ2n) is 4.61. The van der Waals surface area contributed by atoms with E-state index in [4.69, 9.17) is 4.74 Å². The summed E-state index contributed by atoms with van der Waals surface area (Å²) < 4.78 is 18.8. The van der Waals surface area contributed by atoms with Crippen LogP contribution in [0.1, 0.15) is 37.3 Å². The molecule has 3 heteroatoms. The topological polar surface area (TPSA) is 21.3 Å². The molecule has 0 bridgehead atoms. The molecule has 1 aromatic carbocycles. The Morgan fingerprint density at radius 3 is 3.06 bits per heavy atom. The monoisotopic (exact) mass is 237 g/mol. The Morgan fingerprint density at radius 1 is 1.53 bits per heavy atom. The van der Waals surface area contributed by atoms with Crippen LogP contribution < -0.4 is 5.32 Å². The summed E-state index contributed by atoms with van der Waals surface area (Å²) in [7, 11) is 1.92. The molecule has 2 rings (SSSR count). The summed E-state index contributed by atoms with van der Waals surface area (Å²) >= 11 is 0. The van der Waals surface area contributed by atoms with Crippen molar-refractivity contribution in [2.75, 3.05) is 13.7 Å². The van der Waals surface area contributed by atoms with Gasteiger partial charge in [0.25, 0.3) is 0 Å². The molecule has 0 aromatic heterocycles. The Morgan fingerprint density at radius 2 is 2.41 bits per heavy atom. The van der Waals surface area contributed by atoms with E-state index in [9.17, 15) is 4.39 Å². The molecule has 17 heavy (non-hydrogen) atoms. The molecule has 0 saturated carbocycles. The summed E-state index contributed by atoms with van der Waals surface area (Å²) in [6.45, 7) is 0.898. The van der Waals surface area contributed by atoms with Crippen molar-refractivity contribution in [2.45, 2.75) is 37.8 Å². The number of hydrogen-bond acceptors (Lipinski definition) is 2. The van der Waals surface area contributed by atoms with Crippen LogP contribution in [0.3, 0.4) is 0 Å². The fourth-order valence-corrected chi connectivity index (χ4v) is 2.43. The van der Waals surface area contributed by atoms with Gasteiger partial charge >= 0.3 is 0 Å². The summed E-state index contributed by atoms with van der Waals surface area (Å²) in [4.78, 5) is 0. The first-order chi connectivity index (χ1) is 8.29. The van der Waals surface area contributed by atoms with Gasteiger partial charge in [-0.25, -0.2) is 4.39 Å². The van der Waals surface area contributed by atoms with Gasteiger partial charge in [-0.2, -0.15) is 0 Å². The number of benzene rings is 1. The van der Waals surface area contributed by atoms with Crippen LogP contribution in [0.15, 0.2) is 24.3 Å².